The van der Waals surface area contributed by atoms with E-state index >= 15 is 0 Å². The lowest BCUT2D eigenvalue weighted by atomic mass is 9.93. The Labute approximate surface area is 205 Å². The van der Waals surface area contributed by atoms with Crippen molar-refractivity contribution in [1.82, 2.24) is 39.7 Å². The number of rotatable bonds is 5. The van der Waals surface area contributed by atoms with E-state index in [1.807, 2.05) is 28.8 Å². The van der Waals surface area contributed by atoms with Gasteiger partial charge in [-0.3, -0.25) is 14.3 Å². The molecule has 1 unspecified atom stereocenters. The Morgan fingerprint density at radius 1 is 1.03 bits per heavy atom. The van der Waals surface area contributed by atoms with E-state index in [2.05, 4.69) is 62.0 Å². The number of tetrazole rings is 1. The molecule has 1 aliphatic rings. The highest BCUT2D eigenvalue weighted by Crippen LogP contribution is 2.32. The van der Waals surface area contributed by atoms with Crippen molar-refractivity contribution in [2.45, 2.75) is 31.7 Å². The van der Waals surface area contributed by atoms with E-state index in [-0.39, 0.29) is 11.5 Å². The van der Waals surface area contributed by atoms with Gasteiger partial charge in [-0.25, -0.2) is 9.78 Å². The minimum absolute atomic E-state index is 0.191. The molecule has 0 saturated carbocycles. The summed E-state index contributed by atoms with van der Waals surface area (Å²) in [6, 6.07) is 16.1. The molecule has 3 aromatic heterocycles. The molecule has 10 nitrogen and oxygen atoms in total. The van der Waals surface area contributed by atoms with E-state index < -0.39 is 5.69 Å². The molecule has 5 aromatic rings. The molecule has 0 radical (unpaired) electrons. The van der Waals surface area contributed by atoms with Gasteiger partial charge in [0.2, 0.25) is 5.82 Å². The summed E-state index contributed by atoms with van der Waals surface area (Å²) in [5, 5.41) is 14.4. The molecule has 0 aliphatic heterocycles. The number of nitrogens with zero attached hydrogens (tertiary/aromatic N) is 6. The van der Waals surface area contributed by atoms with Gasteiger partial charge in [0.15, 0.2) is 11.2 Å². The van der Waals surface area contributed by atoms with Crippen molar-refractivity contribution in [1.29, 1.82) is 0 Å². The van der Waals surface area contributed by atoms with E-state index in [1.165, 1.54) is 7.05 Å². The predicted molar refractivity (Wildman–Crippen MR) is 135 cm³/mol. The highest BCUT2D eigenvalue weighted by Gasteiger charge is 2.24. The number of hydrogen-bond acceptors (Lipinski definition) is 6. The van der Waals surface area contributed by atoms with Crippen molar-refractivity contribution in [3.8, 4) is 22.5 Å². The van der Waals surface area contributed by atoms with E-state index in [0.717, 1.165) is 51.9 Å². The average molecular weight is 481 g/mol. The summed E-state index contributed by atoms with van der Waals surface area (Å²) < 4.78 is 3.07. The monoisotopic (exact) mass is 480 g/mol. The van der Waals surface area contributed by atoms with Gasteiger partial charge in [0, 0.05) is 25.1 Å². The summed E-state index contributed by atoms with van der Waals surface area (Å²) in [5.41, 5.74) is 3.90. The lowest BCUT2D eigenvalue weighted by Gasteiger charge is -2.19. The SMILES string of the molecule is Cn1c(=O)[nH]c2nc(C3CC=CCC3)n(Cc3ccc(-c4ccccc4-c4nn[nH]n4)cc3)c2c1=O. The molecule has 10 heteroatoms. The molecule has 2 aromatic carbocycles. The molecule has 0 saturated heterocycles. The van der Waals surface area contributed by atoms with Gasteiger partial charge in [-0.1, -0.05) is 60.7 Å². The first-order valence-electron chi connectivity index (χ1n) is 11.9. The van der Waals surface area contributed by atoms with Gasteiger partial charge in [-0.15, -0.1) is 10.2 Å². The van der Waals surface area contributed by atoms with E-state index in [1.54, 1.807) is 0 Å². The van der Waals surface area contributed by atoms with Gasteiger partial charge in [0.05, 0.1) is 0 Å². The molecule has 2 N–H and O–H groups in total. The molecule has 36 heavy (non-hydrogen) atoms. The lowest BCUT2D eigenvalue weighted by molar-refractivity contribution is 0.554. The molecule has 1 atom stereocenters. The largest absolute Gasteiger partial charge is 0.329 e. The molecule has 3 heterocycles. The van der Waals surface area contributed by atoms with Crippen LogP contribution < -0.4 is 11.2 Å². The molecule has 180 valence electrons. The molecule has 1 aliphatic carbocycles. The normalized spacial score (nSPS) is 15.5. The van der Waals surface area contributed by atoms with E-state index in [4.69, 9.17) is 4.98 Å². The molecule has 0 amide bonds. The average Bonchev–Trinajstić information content (AvgIpc) is 3.57. The van der Waals surface area contributed by atoms with Gasteiger partial charge in [0.25, 0.3) is 5.56 Å². The van der Waals surface area contributed by atoms with Gasteiger partial charge in [0.1, 0.15) is 5.82 Å². The smallest absolute Gasteiger partial charge is 0.317 e. The molecular formula is C26H24N8O2. The topological polar surface area (TPSA) is 127 Å². The first-order chi connectivity index (χ1) is 17.6. The molecule has 0 spiro atoms. The Morgan fingerprint density at radius 2 is 1.83 bits per heavy atom. The third-order valence-electron chi connectivity index (χ3n) is 6.79. The predicted octanol–water partition coefficient (Wildman–Crippen LogP) is 3.14. The Bertz CT molecular complexity index is 1690. The minimum Gasteiger partial charge on any atom is -0.317 e. The second-order valence-electron chi connectivity index (χ2n) is 9.01. The zero-order chi connectivity index (χ0) is 24.6. The van der Waals surface area contributed by atoms with Crippen molar-refractivity contribution >= 4 is 11.2 Å². The van der Waals surface area contributed by atoms with Crippen molar-refractivity contribution in [3.63, 3.8) is 0 Å². The highest BCUT2D eigenvalue weighted by molar-refractivity contribution is 5.80. The van der Waals surface area contributed by atoms with Crippen LogP contribution in [0.4, 0.5) is 0 Å². The standard InChI is InChI=1S/C26H24N8O2/c1-33-25(35)21-23(28-26(33)36)27-24(18-7-3-2-4-8-18)34(21)15-16-11-13-17(14-12-16)19-9-5-6-10-20(19)22-29-31-32-30-22/h2-3,5-6,9-14,18H,4,7-8,15H2,1H3,(H,28,36)(H,29,30,31,32). The quantitative estimate of drug-likeness (QED) is 0.372. The van der Waals surface area contributed by atoms with Crippen LogP contribution in [0.3, 0.4) is 0 Å². The van der Waals surface area contributed by atoms with E-state index in [0.29, 0.717) is 23.5 Å². The van der Waals surface area contributed by atoms with Crippen molar-refractivity contribution in [2.75, 3.05) is 0 Å². The Hall–Kier alpha value is -4.60. The van der Waals surface area contributed by atoms with Crippen molar-refractivity contribution < 1.29 is 0 Å². The summed E-state index contributed by atoms with van der Waals surface area (Å²) in [7, 11) is 1.48. The van der Waals surface area contributed by atoms with Gasteiger partial charge in [-0.2, -0.15) is 5.21 Å². The van der Waals surface area contributed by atoms with Crippen LogP contribution >= 0.6 is 0 Å². The van der Waals surface area contributed by atoms with Crippen LogP contribution in [0.1, 0.15) is 36.6 Å². The van der Waals surface area contributed by atoms with Gasteiger partial charge >= 0.3 is 5.69 Å². The number of imidazole rings is 1. The van der Waals surface area contributed by atoms with Crippen molar-refractivity contribution in [2.24, 2.45) is 7.05 Å². The first-order valence-corrected chi connectivity index (χ1v) is 11.9. The number of nitrogens with one attached hydrogen (secondary N) is 2. The van der Waals surface area contributed by atoms with Crippen LogP contribution in [0, 0.1) is 0 Å². The maximum absolute atomic E-state index is 13.1. The fourth-order valence-electron chi connectivity index (χ4n) is 4.89. The number of fused-ring (bicyclic) bond motifs is 1. The van der Waals surface area contributed by atoms with Gasteiger partial charge in [-0.05, 0) is 41.2 Å². The van der Waals surface area contributed by atoms with Crippen LogP contribution in [0.5, 0.6) is 0 Å². The second kappa shape index (κ2) is 8.88. The Morgan fingerprint density at radius 3 is 2.56 bits per heavy atom. The minimum atomic E-state index is -0.461. The Balaban J connectivity index is 1.41. The number of hydrogen-bond donors (Lipinski definition) is 2. The highest BCUT2D eigenvalue weighted by atomic mass is 16.2. The van der Waals surface area contributed by atoms with E-state index in [9.17, 15) is 9.59 Å². The third kappa shape index (κ3) is 3.76. The molecular weight excluding hydrogens is 456 g/mol. The summed E-state index contributed by atoms with van der Waals surface area (Å²) in [6.45, 7) is 0.472. The first kappa shape index (κ1) is 21.9. The number of benzene rings is 2. The summed E-state index contributed by atoms with van der Waals surface area (Å²) in [6.07, 6.45) is 7.12. The number of allylic oxidation sites excluding steroid dienone is 2. The van der Waals surface area contributed by atoms with Gasteiger partial charge < -0.3 is 4.57 Å². The number of aromatic nitrogens is 8. The molecule has 6 rings (SSSR count). The molecule has 0 fully saturated rings. The third-order valence-corrected chi connectivity index (χ3v) is 6.79. The fraction of sp³-hybridized carbons (Fsp3) is 0.231. The van der Waals surface area contributed by atoms with Crippen LogP contribution in [0.2, 0.25) is 0 Å². The van der Waals surface area contributed by atoms with Crippen molar-refractivity contribution in [3.05, 3.63) is 92.9 Å². The second-order valence-corrected chi connectivity index (χ2v) is 9.01. The fourth-order valence-corrected chi connectivity index (χ4v) is 4.89. The zero-order valence-corrected chi connectivity index (χ0v) is 19.7. The maximum Gasteiger partial charge on any atom is 0.329 e. The summed E-state index contributed by atoms with van der Waals surface area (Å²) >= 11 is 0. The molecule has 0 bridgehead atoms. The number of H-pyrrole nitrogens is 2. The van der Waals surface area contributed by atoms with Crippen LogP contribution in [-0.4, -0.2) is 39.7 Å². The maximum atomic E-state index is 13.1. The zero-order valence-electron chi connectivity index (χ0n) is 19.7. The number of aromatic amines is 2. The lowest BCUT2D eigenvalue weighted by Crippen LogP contribution is -2.33. The van der Waals surface area contributed by atoms with Crippen LogP contribution in [0.25, 0.3) is 33.7 Å². The van der Waals surface area contributed by atoms with Crippen LogP contribution in [-0.2, 0) is 13.6 Å². The Kier molecular flexibility index (Phi) is 5.40. The summed E-state index contributed by atoms with van der Waals surface area (Å²) in [5.74, 6) is 1.56. The van der Waals surface area contributed by atoms with Crippen LogP contribution in [0.15, 0.2) is 70.3 Å². The summed E-state index contributed by atoms with van der Waals surface area (Å²) in [4.78, 5) is 32.8.